The molecule has 2 N–H and O–H groups in total. The molecule has 0 radical (unpaired) electrons. The number of ether oxygens (including phenoxy) is 1. The summed E-state index contributed by atoms with van der Waals surface area (Å²) in [6.45, 7) is 1.56. The summed E-state index contributed by atoms with van der Waals surface area (Å²) in [7, 11) is 0. The van der Waals surface area contributed by atoms with Crippen LogP contribution in [0.3, 0.4) is 0 Å². The average Bonchev–Trinajstić information content (AvgIpc) is 2.20. The van der Waals surface area contributed by atoms with Crippen LogP contribution in [0.2, 0.25) is 5.15 Å². The van der Waals surface area contributed by atoms with Gasteiger partial charge in [0.25, 0.3) is 0 Å². The Kier molecular flexibility index (Phi) is 4.33. The lowest BCUT2D eigenvalue weighted by atomic mass is 10.3. The molecule has 0 unspecified atom stereocenters. The van der Waals surface area contributed by atoms with Gasteiger partial charge in [-0.15, -0.1) is 0 Å². The van der Waals surface area contributed by atoms with E-state index < -0.39 is 6.09 Å². The van der Waals surface area contributed by atoms with Crippen molar-refractivity contribution < 1.29 is 14.6 Å². The van der Waals surface area contributed by atoms with Gasteiger partial charge in [0.1, 0.15) is 6.61 Å². The van der Waals surface area contributed by atoms with Crippen molar-refractivity contribution in [3.63, 3.8) is 0 Å². The number of aliphatic hydroxyl groups is 1. The van der Waals surface area contributed by atoms with Gasteiger partial charge in [-0.25, -0.2) is 9.78 Å². The summed E-state index contributed by atoms with van der Waals surface area (Å²) in [6, 6.07) is 1.68. The molecule has 6 heteroatoms. The number of nitrogens with zero attached hydrogens (tertiary/aromatic N) is 1. The highest BCUT2D eigenvalue weighted by Gasteiger charge is 2.07. The van der Waals surface area contributed by atoms with Crippen LogP contribution in [0.4, 0.5) is 10.5 Å². The summed E-state index contributed by atoms with van der Waals surface area (Å²) in [5.74, 6) is 0. The number of amides is 1. The first-order chi connectivity index (χ1) is 7.13. The summed E-state index contributed by atoms with van der Waals surface area (Å²) >= 11 is 5.74. The fourth-order valence-electron chi connectivity index (χ4n) is 0.925. The van der Waals surface area contributed by atoms with E-state index in [2.05, 4.69) is 15.0 Å². The molecule has 15 heavy (non-hydrogen) atoms. The highest BCUT2D eigenvalue weighted by Crippen LogP contribution is 2.19. The number of carbonyl (C=O) groups excluding carboxylic acids is 1. The lowest BCUT2D eigenvalue weighted by molar-refractivity contribution is 0.131. The lowest BCUT2D eigenvalue weighted by Gasteiger charge is -2.07. The fourth-order valence-corrected chi connectivity index (χ4v) is 1.08. The van der Waals surface area contributed by atoms with Crippen LogP contribution in [0, 0.1) is 6.92 Å². The standard InChI is InChI=1S/C9H11ClN2O3/c1-6-4-7(8(10)11-5-6)12-9(14)15-3-2-13/h4-5,13H,2-3H2,1H3,(H,12,14). The number of nitrogens with one attached hydrogen (secondary N) is 1. The highest BCUT2D eigenvalue weighted by molar-refractivity contribution is 6.32. The molecule has 0 bridgehead atoms. The molecule has 1 aromatic heterocycles. The molecule has 0 saturated heterocycles. The van der Waals surface area contributed by atoms with Crippen molar-refractivity contribution in [3.05, 3.63) is 23.0 Å². The third kappa shape index (κ3) is 3.73. The maximum Gasteiger partial charge on any atom is 0.411 e. The number of carbonyl (C=O) groups is 1. The second-order valence-corrected chi connectivity index (χ2v) is 3.19. The Bertz CT molecular complexity index is 357. The van der Waals surface area contributed by atoms with Crippen molar-refractivity contribution in [3.8, 4) is 0 Å². The van der Waals surface area contributed by atoms with Gasteiger partial charge >= 0.3 is 6.09 Å². The minimum atomic E-state index is -0.668. The number of aliphatic hydroxyl groups excluding tert-OH is 1. The van der Waals surface area contributed by atoms with E-state index in [4.69, 9.17) is 16.7 Å². The van der Waals surface area contributed by atoms with Gasteiger partial charge in [0.2, 0.25) is 0 Å². The van der Waals surface area contributed by atoms with Crippen LogP contribution in [-0.4, -0.2) is 29.4 Å². The van der Waals surface area contributed by atoms with Crippen molar-refractivity contribution >= 4 is 23.4 Å². The van der Waals surface area contributed by atoms with Gasteiger partial charge in [-0.3, -0.25) is 5.32 Å². The minimum absolute atomic E-state index is 0.0529. The van der Waals surface area contributed by atoms with Crippen LogP contribution in [0.5, 0.6) is 0 Å². The van der Waals surface area contributed by atoms with Crippen molar-refractivity contribution in [2.24, 2.45) is 0 Å². The Morgan fingerprint density at radius 1 is 1.73 bits per heavy atom. The van der Waals surface area contributed by atoms with Crippen LogP contribution >= 0.6 is 11.6 Å². The molecule has 0 fully saturated rings. The number of aryl methyl sites for hydroxylation is 1. The van der Waals surface area contributed by atoms with E-state index in [0.717, 1.165) is 5.56 Å². The van der Waals surface area contributed by atoms with E-state index in [0.29, 0.717) is 5.69 Å². The number of hydrogen-bond acceptors (Lipinski definition) is 4. The molecule has 1 aromatic rings. The molecule has 0 atom stereocenters. The minimum Gasteiger partial charge on any atom is -0.447 e. The number of anilines is 1. The molecule has 0 spiro atoms. The van der Waals surface area contributed by atoms with Gasteiger partial charge in [-0.2, -0.15) is 0 Å². The quantitative estimate of drug-likeness (QED) is 0.774. The molecule has 5 nitrogen and oxygen atoms in total. The molecule has 0 aliphatic rings. The molecule has 1 amide bonds. The normalized spacial score (nSPS) is 9.80. The maximum absolute atomic E-state index is 11.1. The van der Waals surface area contributed by atoms with Gasteiger partial charge in [-0.1, -0.05) is 11.6 Å². The zero-order valence-corrected chi connectivity index (χ0v) is 8.91. The van der Waals surface area contributed by atoms with Crippen LogP contribution in [-0.2, 0) is 4.74 Å². The summed E-state index contributed by atoms with van der Waals surface area (Å²) in [5, 5.41) is 11.1. The number of hydrogen-bond donors (Lipinski definition) is 2. The van der Waals surface area contributed by atoms with E-state index >= 15 is 0 Å². The van der Waals surface area contributed by atoms with Crippen LogP contribution in [0.1, 0.15) is 5.56 Å². The molecule has 0 aliphatic carbocycles. The predicted molar refractivity (Wildman–Crippen MR) is 56.0 cm³/mol. The van der Waals surface area contributed by atoms with Gasteiger partial charge in [0, 0.05) is 6.20 Å². The average molecular weight is 231 g/mol. The monoisotopic (exact) mass is 230 g/mol. The Hall–Kier alpha value is -1.33. The second-order valence-electron chi connectivity index (χ2n) is 2.84. The molecule has 1 heterocycles. The Labute approximate surface area is 92.0 Å². The van der Waals surface area contributed by atoms with E-state index in [1.807, 2.05) is 6.92 Å². The molecule has 82 valence electrons. The van der Waals surface area contributed by atoms with Crippen LogP contribution in [0.25, 0.3) is 0 Å². The van der Waals surface area contributed by atoms with Gasteiger partial charge in [0.15, 0.2) is 5.15 Å². The Morgan fingerprint density at radius 3 is 3.13 bits per heavy atom. The fraction of sp³-hybridized carbons (Fsp3) is 0.333. The SMILES string of the molecule is Cc1cnc(Cl)c(NC(=O)OCCO)c1. The summed E-state index contributed by atoms with van der Waals surface area (Å²) in [4.78, 5) is 15.0. The summed E-state index contributed by atoms with van der Waals surface area (Å²) in [5.41, 5.74) is 1.26. The maximum atomic E-state index is 11.1. The summed E-state index contributed by atoms with van der Waals surface area (Å²) in [6.07, 6.45) is 0.922. The van der Waals surface area contributed by atoms with Crippen molar-refractivity contribution in [2.75, 3.05) is 18.5 Å². The van der Waals surface area contributed by atoms with Crippen LogP contribution in [0.15, 0.2) is 12.3 Å². The van der Waals surface area contributed by atoms with Crippen molar-refractivity contribution in [1.82, 2.24) is 4.98 Å². The summed E-state index contributed by atoms with van der Waals surface area (Å²) < 4.78 is 4.60. The van der Waals surface area contributed by atoms with Crippen molar-refractivity contribution in [1.29, 1.82) is 0 Å². The zero-order valence-electron chi connectivity index (χ0n) is 8.16. The molecular formula is C9H11ClN2O3. The lowest BCUT2D eigenvalue weighted by Crippen LogP contribution is -2.16. The first-order valence-corrected chi connectivity index (χ1v) is 4.68. The highest BCUT2D eigenvalue weighted by atomic mass is 35.5. The number of aromatic nitrogens is 1. The molecule has 1 rings (SSSR count). The zero-order chi connectivity index (χ0) is 11.3. The number of pyridine rings is 1. The van der Waals surface area contributed by atoms with E-state index in [1.165, 1.54) is 0 Å². The topological polar surface area (TPSA) is 71.5 Å². The molecular weight excluding hydrogens is 220 g/mol. The van der Waals surface area contributed by atoms with Gasteiger partial charge in [-0.05, 0) is 18.6 Å². The number of halogens is 1. The van der Waals surface area contributed by atoms with Gasteiger partial charge in [0.05, 0.1) is 12.3 Å². The third-order valence-electron chi connectivity index (χ3n) is 1.54. The Morgan fingerprint density at radius 2 is 2.47 bits per heavy atom. The predicted octanol–water partition coefficient (Wildman–Crippen LogP) is 1.58. The van der Waals surface area contributed by atoms with Crippen molar-refractivity contribution in [2.45, 2.75) is 6.92 Å². The second kappa shape index (κ2) is 5.53. The third-order valence-corrected chi connectivity index (χ3v) is 1.84. The smallest absolute Gasteiger partial charge is 0.411 e. The largest absolute Gasteiger partial charge is 0.447 e. The molecule has 0 aromatic carbocycles. The Balaban J connectivity index is 2.63. The first kappa shape index (κ1) is 11.7. The molecule has 0 aliphatic heterocycles. The number of rotatable bonds is 3. The first-order valence-electron chi connectivity index (χ1n) is 4.30. The van der Waals surface area contributed by atoms with Crippen LogP contribution < -0.4 is 5.32 Å². The molecule has 0 saturated carbocycles. The van der Waals surface area contributed by atoms with E-state index in [-0.39, 0.29) is 18.4 Å². The van der Waals surface area contributed by atoms with Gasteiger partial charge < -0.3 is 9.84 Å². The van der Waals surface area contributed by atoms with E-state index in [9.17, 15) is 4.79 Å². The van der Waals surface area contributed by atoms with E-state index in [1.54, 1.807) is 12.3 Å².